The molecular weight excluding hydrogens is 172 g/mol. The van der Waals surface area contributed by atoms with Gasteiger partial charge in [0, 0.05) is 17.3 Å². The fourth-order valence-corrected chi connectivity index (χ4v) is 2.07. The number of para-hydroxylation sites is 1. The van der Waals surface area contributed by atoms with Gasteiger partial charge in [0.05, 0.1) is 0 Å². The van der Waals surface area contributed by atoms with Crippen molar-refractivity contribution in [2.75, 3.05) is 6.54 Å². The van der Waals surface area contributed by atoms with E-state index in [1.165, 1.54) is 28.6 Å². The average Bonchev–Trinajstić information content (AvgIpc) is 2.46. The van der Waals surface area contributed by atoms with E-state index < -0.39 is 0 Å². The van der Waals surface area contributed by atoms with Gasteiger partial charge < -0.3 is 10.3 Å². The van der Waals surface area contributed by atoms with Crippen molar-refractivity contribution in [2.24, 2.45) is 0 Å². The molecule has 1 aromatic heterocycles. The first kappa shape index (κ1) is 8.06. The van der Waals surface area contributed by atoms with E-state index in [2.05, 4.69) is 41.5 Å². The Balaban J connectivity index is 2.15. The smallest absolute Gasteiger partial charge is 0.0486 e. The Labute approximate surface area is 83.3 Å². The molecule has 1 aliphatic rings. The lowest BCUT2D eigenvalue weighted by atomic mass is 10.0. The average molecular weight is 186 g/mol. The summed E-state index contributed by atoms with van der Waals surface area (Å²) in [6.45, 7) is 3.30. The SMILES string of the molecule is Cc1cccc2cc([C@@H]3CCN3)[nH]c12. The van der Waals surface area contributed by atoms with E-state index in [-0.39, 0.29) is 0 Å². The molecule has 1 aliphatic heterocycles. The largest absolute Gasteiger partial charge is 0.357 e. The zero-order chi connectivity index (χ0) is 9.54. The molecular formula is C12H14N2. The number of nitrogens with one attached hydrogen (secondary N) is 2. The van der Waals surface area contributed by atoms with Gasteiger partial charge in [0.15, 0.2) is 0 Å². The molecule has 0 spiro atoms. The van der Waals surface area contributed by atoms with Crippen molar-refractivity contribution in [3.05, 3.63) is 35.5 Å². The number of aromatic nitrogens is 1. The van der Waals surface area contributed by atoms with Gasteiger partial charge in [-0.15, -0.1) is 0 Å². The number of aryl methyl sites for hydroxylation is 1. The molecule has 0 bridgehead atoms. The normalized spacial score (nSPS) is 21.1. The van der Waals surface area contributed by atoms with E-state index in [1.54, 1.807) is 0 Å². The van der Waals surface area contributed by atoms with Crippen molar-refractivity contribution >= 4 is 10.9 Å². The van der Waals surface area contributed by atoms with Crippen LogP contribution in [0.25, 0.3) is 10.9 Å². The van der Waals surface area contributed by atoms with Crippen LogP contribution in [0, 0.1) is 6.92 Å². The Kier molecular flexibility index (Phi) is 1.64. The summed E-state index contributed by atoms with van der Waals surface area (Å²) in [5, 5.41) is 4.74. The van der Waals surface area contributed by atoms with Crippen molar-refractivity contribution < 1.29 is 0 Å². The molecule has 0 unspecified atom stereocenters. The summed E-state index contributed by atoms with van der Waals surface area (Å²) >= 11 is 0. The highest BCUT2D eigenvalue weighted by molar-refractivity contribution is 5.83. The Morgan fingerprint density at radius 2 is 2.21 bits per heavy atom. The topological polar surface area (TPSA) is 27.8 Å². The Morgan fingerprint density at radius 1 is 1.36 bits per heavy atom. The fraction of sp³-hybridized carbons (Fsp3) is 0.333. The highest BCUT2D eigenvalue weighted by Crippen LogP contribution is 2.27. The number of H-pyrrole nitrogens is 1. The van der Waals surface area contributed by atoms with Crippen molar-refractivity contribution in [1.82, 2.24) is 10.3 Å². The van der Waals surface area contributed by atoms with E-state index >= 15 is 0 Å². The molecule has 1 aromatic carbocycles. The molecule has 0 radical (unpaired) electrons. The van der Waals surface area contributed by atoms with E-state index in [0.717, 1.165) is 6.54 Å². The van der Waals surface area contributed by atoms with E-state index in [0.29, 0.717) is 6.04 Å². The highest BCUT2D eigenvalue weighted by atomic mass is 15.0. The third-order valence-corrected chi connectivity index (χ3v) is 3.08. The summed E-state index contributed by atoms with van der Waals surface area (Å²) in [5.74, 6) is 0. The van der Waals surface area contributed by atoms with Crippen LogP contribution in [-0.2, 0) is 0 Å². The van der Waals surface area contributed by atoms with Crippen LogP contribution in [0.2, 0.25) is 0 Å². The second-order valence-electron chi connectivity index (χ2n) is 4.06. The molecule has 1 fully saturated rings. The quantitative estimate of drug-likeness (QED) is 0.703. The van der Waals surface area contributed by atoms with Gasteiger partial charge in [-0.2, -0.15) is 0 Å². The fourth-order valence-electron chi connectivity index (χ4n) is 2.07. The van der Waals surface area contributed by atoms with E-state index in [9.17, 15) is 0 Å². The van der Waals surface area contributed by atoms with Crippen molar-refractivity contribution in [2.45, 2.75) is 19.4 Å². The van der Waals surface area contributed by atoms with Gasteiger partial charge in [-0.1, -0.05) is 18.2 Å². The van der Waals surface area contributed by atoms with Crippen LogP contribution in [0.15, 0.2) is 24.3 Å². The number of rotatable bonds is 1. The van der Waals surface area contributed by atoms with Crippen LogP contribution in [0.4, 0.5) is 0 Å². The summed E-state index contributed by atoms with van der Waals surface area (Å²) in [6.07, 6.45) is 1.26. The number of aromatic amines is 1. The van der Waals surface area contributed by atoms with Crippen LogP contribution < -0.4 is 5.32 Å². The zero-order valence-electron chi connectivity index (χ0n) is 8.30. The molecule has 1 saturated heterocycles. The standard InChI is InChI=1S/C12H14N2/c1-8-3-2-4-9-7-11(14-12(8)9)10-5-6-13-10/h2-4,7,10,13-14H,5-6H2,1H3/t10-/m0/s1. The van der Waals surface area contributed by atoms with Gasteiger partial charge in [-0.25, -0.2) is 0 Å². The first-order valence-corrected chi connectivity index (χ1v) is 5.16. The first-order chi connectivity index (χ1) is 6.84. The third kappa shape index (κ3) is 1.07. The molecule has 0 saturated carbocycles. The van der Waals surface area contributed by atoms with Gasteiger partial charge in [-0.05, 0) is 36.9 Å². The number of fused-ring (bicyclic) bond motifs is 1. The van der Waals surface area contributed by atoms with Crippen molar-refractivity contribution in [3.8, 4) is 0 Å². The maximum absolute atomic E-state index is 3.50. The molecule has 0 amide bonds. The maximum atomic E-state index is 3.50. The van der Waals surface area contributed by atoms with Gasteiger partial charge in [0.1, 0.15) is 0 Å². The van der Waals surface area contributed by atoms with E-state index in [4.69, 9.17) is 0 Å². The van der Waals surface area contributed by atoms with Crippen LogP contribution in [-0.4, -0.2) is 11.5 Å². The van der Waals surface area contributed by atoms with Crippen LogP contribution in [0.3, 0.4) is 0 Å². The van der Waals surface area contributed by atoms with Gasteiger partial charge in [0.25, 0.3) is 0 Å². The molecule has 2 N–H and O–H groups in total. The molecule has 1 atom stereocenters. The zero-order valence-corrected chi connectivity index (χ0v) is 8.30. The summed E-state index contributed by atoms with van der Waals surface area (Å²) in [4.78, 5) is 3.50. The second kappa shape index (κ2) is 2.85. The second-order valence-corrected chi connectivity index (χ2v) is 4.06. The lowest BCUT2D eigenvalue weighted by Crippen LogP contribution is -2.35. The van der Waals surface area contributed by atoms with Crippen molar-refractivity contribution in [1.29, 1.82) is 0 Å². The predicted octanol–water partition coefficient (Wildman–Crippen LogP) is 2.51. The van der Waals surface area contributed by atoms with Gasteiger partial charge >= 0.3 is 0 Å². The summed E-state index contributed by atoms with van der Waals surface area (Å²) in [7, 11) is 0. The monoisotopic (exact) mass is 186 g/mol. The minimum Gasteiger partial charge on any atom is -0.357 e. The highest BCUT2D eigenvalue weighted by Gasteiger charge is 2.20. The molecule has 2 nitrogen and oxygen atoms in total. The lowest BCUT2D eigenvalue weighted by Gasteiger charge is -2.26. The summed E-state index contributed by atoms with van der Waals surface area (Å²) < 4.78 is 0. The Hall–Kier alpha value is -1.28. The number of benzene rings is 1. The Morgan fingerprint density at radius 3 is 2.86 bits per heavy atom. The Bertz CT molecular complexity index is 466. The third-order valence-electron chi connectivity index (χ3n) is 3.08. The molecule has 3 rings (SSSR count). The van der Waals surface area contributed by atoms with Crippen LogP contribution in [0.1, 0.15) is 23.7 Å². The minimum absolute atomic E-state index is 0.557. The lowest BCUT2D eigenvalue weighted by molar-refractivity contribution is 0.377. The molecule has 14 heavy (non-hydrogen) atoms. The first-order valence-electron chi connectivity index (χ1n) is 5.16. The number of hydrogen-bond acceptors (Lipinski definition) is 1. The molecule has 72 valence electrons. The predicted molar refractivity (Wildman–Crippen MR) is 58.4 cm³/mol. The number of hydrogen-bond donors (Lipinski definition) is 2. The molecule has 2 heteroatoms. The van der Waals surface area contributed by atoms with Crippen LogP contribution in [0.5, 0.6) is 0 Å². The summed E-state index contributed by atoms with van der Waals surface area (Å²) in [6, 6.07) is 9.25. The summed E-state index contributed by atoms with van der Waals surface area (Å²) in [5.41, 5.74) is 3.95. The molecule has 2 heterocycles. The molecule has 0 aliphatic carbocycles. The molecule has 2 aromatic rings. The van der Waals surface area contributed by atoms with Gasteiger partial charge in [0.2, 0.25) is 0 Å². The maximum Gasteiger partial charge on any atom is 0.0486 e. The van der Waals surface area contributed by atoms with Crippen LogP contribution >= 0.6 is 0 Å². The van der Waals surface area contributed by atoms with Crippen molar-refractivity contribution in [3.63, 3.8) is 0 Å². The van der Waals surface area contributed by atoms with Gasteiger partial charge in [-0.3, -0.25) is 0 Å². The van der Waals surface area contributed by atoms with E-state index in [1.807, 2.05) is 0 Å². The minimum atomic E-state index is 0.557.